The van der Waals surface area contributed by atoms with E-state index in [0.717, 1.165) is 11.3 Å². The standard InChI is InChI=1S/C11H12N2O2/c1-7-9(8(2)14)6-12-11(13-7)10-4-3-5-15-10/h3-6,8,14H,1-2H3/t8-/m1/s1. The van der Waals surface area contributed by atoms with E-state index in [4.69, 9.17) is 4.42 Å². The monoisotopic (exact) mass is 204 g/mol. The molecule has 0 aliphatic heterocycles. The number of nitrogens with zero attached hydrogens (tertiary/aromatic N) is 2. The lowest BCUT2D eigenvalue weighted by molar-refractivity contribution is 0.197. The largest absolute Gasteiger partial charge is 0.461 e. The lowest BCUT2D eigenvalue weighted by Crippen LogP contribution is -2.00. The van der Waals surface area contributed by atoms with Crippen LogP contribution in [0.5, 0.6) is 0 Å². The van der Waals surface area contributed by atoms with E-state index < -0.39 is 6.10 Å². The number of furan rings is 1. The fraction of sp³-hybridized carbons (Fsp3) is 0.273. The van der Waals surface area contributed by atoms with Crippen molar-refractivity contribution in [2.75, 3.05) is 0 Å². The normalized spacial score (nSPS) is 12.7. The summed E-state index contributed by atoms with van der Waals surface area (Å²) in [7, 11) is 0. The van der Waals surface area contributed by atoms with Crippen LogP contribution in [0.25, 0.3) is 11.6 Å². The van der Waals surface area contributed by atoms with Gasteiger partial charge < -0.3 is 9.52 Å². The highest BCUT2D eigenvalue weighted by atomic mass is 16.3. The number of hydrogen-bond acceptors (Lipinski definition) is 4. The van der Waals surface area contributed by atoms with Crippen LogP contribution < -0.4 is 0 Å². The van der Waals surface area contributed by atoms with Gasteiger partial charge in [-0.1, -0.05) is 0 Å². The zero-order valence-electron chi connectivity index (χ0n) is 8.64. The number of hydrogen-bond donors (Lipinski definition) is 1. The van der Waals surface area contributed by atoms with Crippen molar-refractivity contribution in [3.05, 3.63) is 35.9 Å². The first-order chi connectivity index (χ1) is 7.18. The summed E-state index contributed by atoms with van der Waals surface area (Å²) in [5, 5.41) is 9.42. The smallest absolute Gasteiger partial charge is 0.195 e. The predicted molar refractivity (Wildman–Crippen MR) is 55.1 cm³/mol. The van der Waals surface area contributed by atoms with Gasteiger partial charge >= 0.3 is 0 Å². The first-order valence-corrected chi connectivity index (χ1v) is 4.74. The van der Waals surface area contributed by atoms with Crippen molar-refractivity contribution in [2.45, 2.75) is 20.0 Å². The molecule has 78 valence electrons. The van der Waals surface area contributed by atoms with Crippen LogP contribution in [0.1, 0.15) is 24.3 Å². The number of aliphatic hydroxyl groups is 1. The average molecular weight is 204 g/mol. The van der Waals surface area contributed by atoms with Crippen LogP contribution in [0.3, 0.4) is 0 Å². The summed E-state index contributed by atoms with van der Waals surface area (Å²) in [6.45, 7) is 3.54. The van der Waals surface area contributed by atoms with Crippen molar-refractivity contribution in [3.8, 4) is 11.6 Å². The van der Waals surface area contributed by atoms with Crippen LogP contribution in [0.4, 0.5) is 0 Å². The molecule has 0 saturated heterocycles. The molecule has 0 amide bonds. The molecule has 0 radical (unpaired) electrons. The second-order valence-corrected chi connectivity index (χ2v) is 3.39. The average Bonchev–Trinajstić information content (AvgIpc) is 2.69. The highest BCUT2D eigenvalue weighted by Gasteiger charge is 2.10. The molecule has 0 bridgehead atoms. The molecule has 0 aromatic carbocycles. The third kappa shape index (κ3) is 1.89. The van der Waals surface area contributed by atoms with Crippen molar-refractivity contribution in [2.24, 2.45) is 0 Å². The van der Waals surface area contributed by atoms with E-state index in [1.165, 1.54) is 0 Å². The molecule has 2 aromatic heterocycles. The molecule has 2 heterocycles. The van der Waals surface area contributed by atoms with Crippen LogP contribution in [0.15, 0.2) is 29.0 Å². The Labute approximate surface area is 87.6 Å². The minimum atomic E-state index is -0.546. The highest BCUT2D eigenvalue weighted by Crippen LogP contribution is 2.19. The van der Waals surface area contributed by atoms with Gasteiger partial charge in [-0.25, -0.2) is 9.97 Å². The second-order valence-electron chi connectivity index (χ2n) is 3.39. The quantitative estimate of drug-likeness (QED) is 0.813. The van der Waals surface area contributed by atoms with Gasteiger partial charge in [0, 0.05) is 17.5 Å². The Balaban J connectivity index is 2.42. The Bertz CT molecular complexity index is 450. The molecule has 0 spiro atoms. The summed E-state index contributed by atoms with van der Waals surface area (Å²) in [5.74, 6) is 1.18. The van der Waals surface area contributed by atoms with Crippen LogP contribution >= 0.6 is 0 Å². The maximum absolute atomic E-state index is 9.42. The zero-order valence-corrected chi connectivity index (χ0v) is 8.64. The van der Waals surface area contributed by atoms with E-state index in [1.54, 1.807) is 31.5 Å². The zero-order chi connectivity index (χ0) is 10.8. The summed E-state index contributed by atoms with van der Waals surface area (Å²) in [4.78, 5) is 8.41. The highest BCUT2D eigenvalue weighted by molar-refractivity contribution is 5.46. The molecular formula is C11H12N2O2. The van der Waals surface area contributed by atoms with Crippen LogP contribution in [-0.4, -0.2) is 15.1 Å². The maximum atomic E-state index is 9.42. The number of aliphatic hydroxyl groups excluding tert-OH is 1. The van der Waals surface area contributed by atoms with E-state index in [0.29, 0.717) is 11.6 Å². The van der Waals surface area contributed by atoms with Gasteiger partial charge in [0.15, 0.2) is 11.6 Å². The minimum Gasteiger partial charge on any atom is -0.461 e. The Hall–Kier alpha value is -1.68. The SMILES string of the molecule is Cc1nc(-c2ccco2)ncc1[C@@H](C)O. The van der Waals surface area contributed by atoms with E-state index in [-0.39, 0.29) is 0 Å². The summed E-state index contributed by atoms with van der Waals surface area (Å²) < 4.78 is 5.19. The van der Waals surface area contributed by atoms with Gasteiger partial charge in [0.2, 0.25) is 0 Å². The summed E-state index contributed by atoms with van der Waals surface area (Å²) in [6, 6.07) is 3.59. The second kappa shape index (κ2) is 3.82. The number of aryl methyl sites for hydroxylation is 1. The fourth-order valence-electron chi connectivity index (χ4n) is 1.41. The number of rotatable bonds is 2. The van der Waals surface area contributed by atoms with E-state index in [1.807, 2.05) is 6.92 Å². The topological polar surface area (TPSA) is 59.2 Å². The van der Waals surface area contributed by atoms with Crippen molar-refractivity contribution in [1.82, 2.24) is 9.97 Å². The van der Waals surface area contributed by atoms with E-state index in [2.05, 4.69) is 9.97 Å². The molecule has 0 unspecified atom stereocenters. The van der Waals surface area contributed by atoms with Crippen molar-refractivity contribution in [1.29, 1.82) is 0 Å². The minimum absolute atomic E-state index is 0.543. The van der Waals surface area contributed by atoms with Crippen molar-refractivity contribution in [3.63, 3.8) is 0 Å². The number of aromatic nitrogens is 2. The molecule has 0 fully saturated rings. The molecule has 0 saturated carbocycles. The molecule has 2 rings (SSSR count). The molecule has 0 aliphatic rings. The van der Waals surface area contributed by atoms with Gasteiger partial charge in [-0.05, 0) is 26.0 Å². The lowest BCUT2D eigenvalue weighted by atomic mass is 10.1. The Morgan fingerprint density at radius 1 is 1.47 bits per heavy atom. The third-order valence-electron chi connectivity index (χ3n) is 2.21. The third-order valence-corrected chi connectivity index (χ3v) is 2.21. The molecule has 0 aliphatic carbocycles. The Morgan fingerprint density at radius 2 is 2.27 bits per heavy atom. The predicted octanol–water partition coefficient (Wildman–Crippen LogP) is 2.10. The molecule has 4 heteroatoms. The van der Waals surface area contributed by atoms with Gasteiger partial charge in [0.25, 0.3) is 0 Å². The van der Waals surface area contributed by atoms with Crippen molar-refractivity contribution >= 4 is 0 Å². The van der Waals surface area contributed by atoms with Gasteiger partial charge in [-0.2, -0.15) is 0 Å². The summed E-state index contributed by atoms with van der Waals surface area (Å²) >= 11 is 0. The molecule has 15 heavy (non-hydrogen) atoms. The lowest BCUT2D eigenvalue weighted by Gasteiger charge is -2.07. The molecular weight excluding hydrogens is 192 g/mol. The first kappa shape index (κ1) is 9.86. The molecule has 1 N–H and O–H groups in total. The molecule has 4 nitrogen and oxygen atoms in total. The van der Waals surface area contributed by atoms with Gasteiger partial charge in [-0.15, -0.1) is 0 Å². The Morgan fingerprint density at radius 3 is 2.80 bits per heavy atom. The van der Waals surface area contributed by atoms with Gasteiger partial charge in [0.05, 0.1) is 12.4 Å². The summed E-state index contributed by atoms with van der Waals surface area (Å²) in [6.07, 6.45) is 2.66. The van der Waals surface area contributed by atoms with Crippen LogP contribution in [0.2, 0.25) is 0 Å². The molecule has 2 aromatic rings. The van der Waals surface area contributed by atoms with E-state index >= 15 is 0 Å². The van der Waals surface area contributed by atoms with Crippen LogP contribution in [0, 0.1) is 6.92 Å². The van der Waals surface area contributed by atoms with Gasteiger partial charge in [0.1, 0.15) is 0 Å². The van der Waals surface area contributed by atoms with Crippen molar-refractivity contribution < 1.29 is 9.52 Å². The molecule has 1 atom stereocenters. The fourth-order valence-corrected chi connectivity index (χ4v) is 1.41. The first-order valence-electron chi connectivity index (χ1n) is 4.74. The van der Waals surface area contributed by atoms with Gasteiger partial charge in [-0.3, -0.25) is 0 Å². The Kier molecular flexibility index (Phi) is 2.51. The van der Waals surface area contributed by atoms with Crippen LogP contribution in [-0.2, 0) is 0 Å². The van der Waals surface area contributed by atoms with E-state index in [9.17, 15) is 5.11 Å². The maximum Gasteiger partial charge on any atom is 0.195 e. The summed E-state index contributed by atoms with van der Waals surface area (Å²) in [5.41, 5.74) is 1.51.